The zero-order chi connectivity index (χ0) is 14.4. The van der Waals surface area contributed by atoms with Crippen LogP contribution in [0.2, 0.25) is 0 Å². The minimum absolute atomic E-state index is 0.237. The predicted octanol–water partition coefficient (Wildman–Crippen LogP) is 3.38. The molecule has 2 rings (SSSR count). The Hall–Kier alpha value is -2.23. The highest BCUT2D eigenvalue weighted by Gasteiger charge is 2.07. The summed E-state index contributed by atoms with van der Waals surface area (Å²) in [5, 5.41) is 2.82. The molecule has 1 aromatic carbocycles. The van der Waals surface area contributed by atoms with E-state index in [4.69, 9.17) is 0 Å². The van der Waals surface area contributed by atoms with E-state index in [1.807, 2.05) is 31.2 Å². The van der Waals surface area contributed by atoms with Crippen molar-refractivity contribution in [3.05, 3.63) is 53.6 Å². The van der Waals surface area contributed by atoms with Crippen LogP contribution in [0.25, 0.3) is 0 Å². The number of hydrogen-bond acceptors (Lipinski definition) is 3. The first-order valence-corrected chi connectivity index (χ1v) is 6.88. The summed E-state index contributed by atoms with van der Waals surface area (Å²) < 4.78 is 0. The van der Waals surface area contributed by atoms with E-state index in [2.05, 4.69) is 22.2 Å². The van der Waals surface area contributed by atoms with Crippen LogP contribution < -0.4 is 5.32 Å². The molecule has 1 amide bonds. The maximum Gasteiger partial charge on any atom is 0.275 e. The number of carbonyl (C=O) groups is 1. The number of anilines is 1. The fourth-order valence-electron chi connectivity index (χ4n) is 1.84. The number of amides is 1. The van der Waals surface area contributed by atoms with Gasteiger partial charge < -0.3 is 5.32 Å². The van der Waals surface area contributed by atoms with Crippen molar-refractivity contribution in [3.63, 3.8) is 0 Å². The number of carbonyl (C=O) groups excluding carboxylic acids is 1. The molecule has 0 aliphatic carbocycles. The maximum atomic E-state index is 12.0. The SMILES string of the molecule is CCCCc1ccc(NC(=O)c2cnc(C)cn2)cc1. The van der Waals surface area contributed by atoms with Gasteiger partial charge in [0.15, 0.2) is 0 Å². The van der Waals surface area contributed by atoms with Crippen LogP contribution in [-0.2, 0) is 6.42 Å². The fraction of sp³-hybridized carbons (Fsp3) is 0.312. The standard InChI is InChI=1S/C16H19N3O/c1-3-4-5-13-6-8-14(9-7-13)19-16(20)15-11-17-12(2)10-18-15/h6-11H,3-5H2,1-2H3,(H,19,20). The Morgan fingerprint density at radius 1 is 1.15 bits per heavy atom. The number of rotatable bonds is 5. The summed E-state index contributed by atoms with van der Waals surface area (Å²) in [6.45, 7) is 4.01. The van der Waals surface area contributed by atoms with Crippen molar-refractivity contribution < 1.29 is 4.79 Å². The zero-order valence-corrected chi connectivity index (χ0v) is 11.9. The molecule has 104 valence electrons. The number of nitrogens with zero attached hydrogens (tertiary/aromatic N) is 2. The van der Waals surface area contributed by atoms with Gasteiger partial charge in [-0.05, 0) is 37.5 Å². The molecular formula is C16H19N3O. The quantitative estimate of drug-likeness (QED) is 0.905. The summed E-state index contributed by atoms with van der Waals surface area (Å²) in [4.78, 5) is 20.1. The molecular weight excluding hydrogens is 250 g/mol. The minimum atomic E-state index is -0.237. The van der Waals surface area contributed by atoms with E-state index in [0.717, 1.165) is 17.8 Å². The lowest BCUT2D eigenvalue weighted by molar-refractivity contribution is 0.102. The van der Waals surface area contributed by atoms with Gasteiger partial charge in [-0.1, -0.05) is 25.5 Å². The molecule has 0 saturated heterocycles. The van der Waals surface area contributed by atoms with Crippen LogP contribution in [0, 0.1) is 6.92 Å². The van der Waals surface area contributed by atoms with Gasteiger partial charge in [0.1, 0.15) is 5.69 Å². The monoisotopic (exact) mass is 269 g/mol. The lowest BCUT2D eigenvalue weighted by Crippen LogP contribution is -2.14. The minimum Gasteiger partial charge on any atom is -0.321 e. The van der Waals surface area contributed by atoms with Crippen molar-refractivity contribution in [2.45, 2.75) is 33.1 Å². The van der Waals surface area contributed by atoms with E-state index in [9.17, 15) is 4.79 Å². The van der Waals surface area contributed by atoms with Crippen LogP contribution in [-0.4, -0.2) is 15.9 Å². The van der Waals surface area contributed by atoms with Gasteiger partial charge in [0.25, 0.3) is 5.91 Å². The first-order chi connectivity index (χ1) is 9.69. The Morgan fingerprint density at radius 2 is 1.90 bits per heavy atom. The van der Waals surface area contributed by atoms with Crippen molar-refractivity contribution >= 4 is 11.6 Å². The van der Waals surface area contributed by atoms with E-state index in [1.54, 1.807) is 6.20 Å². The number of aryl methyl sites for hydroxylation is 2. The van der Waals surface area contributed by atoms with E-state index >= 15 is 0 Å². The van der Waals surface area contributed by atoms with Crippen LogP contribution in [0.15, 0.2) is 36.7 Å². The molecule has 20 heavy (non-hydrogen) atoms. The second-order valence-electron chi connectivity index (χ2n) is 4.80. The number of unbranched alkanes of at least 4 members (excludes halogenated alkanes) is 1. The third-order valence-electron chi connectivity index (χ3n) is 3.04. The molecule has 0 aliphatic heterocycles. The Kier molecular flexibility index (Phi) is 4.82. The lowest BCUT2D eigenvalue weighted by Gasteiger charge is -2.06. The third kappa shape index (κ3) is 3.88. The van der Waals surface area contributed by atoms with Crippen LogP contribution in [0.3, 0.4) is 0 Å². The first-order valence-electron chi connectivity index (χ1n) is 6.88. The molecule has 0 fully saturated rings. The van der Waals surface area contributed by atoms with Gasteiger partial charge in [-0.2, -0.15) is 0 Å². The molecule has 1 heterocycles. The summed E-state index contributed by atoms with van der Waals surface area (Å²) in [6, 6.07) is 7.94. The molecule has 0 unspecified atom stereocenters. The Labute approximate surface area is 119 Å². The number of hydrogen-bond donors (Lipinski definition) is 1. The molecule has 0 radical (unpaired) electrons. The van der Waals surface area contributed by atoms with Crippen molar-refractivity contribution in [1.82, 2.24) is 9.97 Å². The number of aromatic nitrogens is 2. The van der Waals surface area contributed by atoms with Crippen molar-refractivity contribution in [1.29, 1.82) is 0 Å². The average molecular weight is 269 g/mol. The smallest absolute Gasteiger partial charge is 0.275 e. The lowest BCUT2D eigenvalue weighted by atomic mass is 10.1. The molecule has 4 heteroatoms. The van der Waals surface area contributed by atoms with Gasteiger partial charge in [0.05, 0.1) is 11.9 Å². The predicted molar refractivity (Wildman–Crippen MR) is 79.8 cm³/mol. The Morgan fingerprint density at radius 3 is 2.50 bits per heavy atom. The summed E-state index contributed by atoms with van der Waals surface area (Å²) in [6.07, 6.45) is 6.52. The molecule has 0 spiro atoms. The highest BCUT2D eigenvalue weighted by Crippen LogP contribution is 2.12. The van der Waals surface area contributed by atoms with E-state index < -0.39 is 0 Å². The van der Waals surface area contributed by atoms with Crippen molar-refractivity contribution in [2.75, 3.05) is 5.32 Å². The van der Waals surface area contributed by atoms with Gasteiger partial charge >= 0.3 is 0 Å². The third-order valence-corrected chi connectivity index (χ3v) is 3.04. The normalized spacial score (nSPS) is 10.3. The molecule has 2 aromatic rings. The highest BCUT2D eigenvalue weighted by atomic mass is 16.1. The largest absolute Gasteiger partial charge is 0.321 e. The molecule has 0 atom stereocenters. The second kappa shape index (κ2) is 6.80. The molecule has 4 nitrogen and oxygen atoms in total. The Bertz CT molecular complexity index is 561. The second-order valence-corrected chi connectivity index (χ2v) is 4.80. The van der Waals surface area contributed by atoms with Gasteiger partial charge in [-0.3, -0.25) is 9.78 Å². The average Bonchev–Trinajstić information content (AvgIpc) is 2.47. The topological polar surface area (TPSA) is 54.9 Å². The van der Waals surface area contributed by atoms with Crippen molar-refractivity contribution in [2.24, 2.45) is 0 Å². The van der Waals surface area contributed by atoms with Crippen molar-refractivity contribution in [3.8, 4) is 0 Å². The number of nitrogens with one attached hydrogen (secondary N) is 1. The van der Waals surface area contributed by atoms with Crippen LogP contribution >= 0.6 is 0 Å². The fourth-order valence-corrected chi connectivity index (χ4v) is 1.84. The molecule has 1 N–H and O–H groups in total. The zero-order valence-electron chi connectivity index (χ0n) is 11.9. The van der Waals surface area contributed by atoms with Crippen LogP contribution in [0.5, 0.6) is 0 Å². The summed E-state index contributed by atoms with van der Waals surface area (Å²) in [7, 11) is 0. The van der Waals surface area contributed by atoms with E-state index in [-0.39, 0.29) is 5.91 Å². The van der Waals surface area contributed by atoms with Gasteiger partial charge in [0.2, 0.25) is 0 Å². The molecule has 1 aromatic heterocycles. The van der Waals surface area contributed by atoms with E-state index in [1.165, 1.54) is 24.6 Å². The maximum absolute atomic E-state index is 12.0. The Balaban J connectivity index is 1.99. The molecule has 0 bridgehead atoms. The first kappa shape index (κ1) is 14.2. The molecule has 0 aliphatic rings. The molecule has 0 saturated carbocycles. The number of benzene rings is 1. The summed E-state index contributed by atoms with van der Waals surface area (Å²) >= 11 is 0. The van der Waals surface area contributed by atoms with Gasteiger partial charge in [-0.15, -0.1) is 0 Å². The highest BCUT2D eigenvalue weighted by molar-refractivity contribution is 6.02. The van der Waals surface area contributed by atoms with E-state index in [0.29, 0.717) is 5.69 Å². The van der Waals surface area contributed by atoms with Gasteiger partial charge in [-0.25, -0.2) is 4.98 Å². The summed E-state index contributed by atoms with van der Waals surface area (Å²) in [5.41, 5.74) is 3.19. The van der Waals surface area contributed by atoms with Gasteiger partial charge in [0, 0.05) is 11.9 Å². The van der Waals surface area contributed by atoms with Crippen LogP contribution in [0.4, 0.5) is 5.69 Å². The summed E-state index contributed by atoms with van der Waals surface area (Å²) in [5.74, 6) is -0.237. The van der Waals surface area contributed by atoms with Crippen LogP contribution in [0.1, 0.15) is 41.5 Å².